The maximum absolute atomic E-state index is 11.7. The van der Waals surface area contributed by atoms with Crippen LogP contribution in [0, 0.1) is 17.2 Å². The molecule has 1 aromatic carbocycles. The fourth-order valence-electron chi connectivity index (χ4n) is 1.72. The highest BCUT2D eigenvalue weighted by molar-refractivity contribution is 7.91. The van der Waals surface area contributed by atoms with Gasteiger partial charge in [0.2, 0.25) is 0 Å². The summed E-state index contributed by atoms with van der Waals surface area (Å²) in [4.78, 5) is 0. The molecule has 0 atom stereocenters. The molecule has 0 bridgehead atoms. The molecule has 0 aliphatic carbocycles. The molecule has 5 heteroatoms. The third-order valence-corrected chi connectivity index (χ3v) is 4.50. The highest BCUT2D eigenvalue weighted by Crippen LogP contribution is 2.13. The molecule has 0 fully saturated rings. The van der Waals surface area contributed by atoms with Gasteiger partial charge in [-0.25, -0.2) is 8.42 Å². The summed E-state index contributed by atoms with van der Waals surface area (Å²) in [5, 5.41) is 8.74. The van der Waals surface area contributed by atoms with E-state index in [2.05, 4.69) is 0 Å². The summed E-state index contributed by atoms with van der Waals surface area (Å²) in [5.41, 5.74) is 0.532. The first-order chi connectivity index (χ1) is 8.93. The number of nitriles is 1. The lowest BCUT2D eigenvalue weighted by Gasteiger charge is -2.08. The first-order valence-corrected chi connectivity index (χ1v) is 8.08. The van der Waals surface area contributed by atoms with E-state index < -0.39 is 9.84 Å². The fraction of sp³-hybridized carbons (Fsp3) is 0.500. The predicted molar refractivity (Wildman–Crippen MR) is 74.8 cm³/mol. The predicted octanol–water partition coefficient (Wildman–Crippen LogP) is 2.40. The van der Waals surface area contributed by atoms with Gasteiger partial charge < -0.3 is 4.74 Å². The Morgan fingerprint density at radius 3 is 2.74 bits per heavy atom. The van der Waals surface area contributed by atoms with Crippen molar-refractivity contribution in [2.75, 3.05) is 18.1 Å². The third kappa shape index (κ3) is 6.25. The molecule has 0 aliphatic heterocycles. The second-order valence-corrected chi connectivity index (χ2v) is 7.08. The van der Waals surface area contributed by atoms with Crippen molar-refractivity contribution in [1.82, 2.24) is 0 Å². The van der Waals surface area contributed by atoms with Crippen LogP contribution in [0.1, 0.15) is 25.8 Å². The minimum absolute atomic E-state index is 0.142. The number of hydrogen-bond donors (Lipinski definition) is 0. The van der Waals surface area contributed by atoms with Gasteiger partial charge >= 0.3 is 0 Å². The Balaban J connectivity index is 2.37. The van der Waals surface area contributed by atoms with E-state index in [1.165, 1.54) is 0 Å². The van der Waals surface area contributed by atoms with Crippen LogP contribution in [0.2, 0.25) is 0 Å². The molecule has 0 aromatic heterocycles. The highest BCUT2D eigenvalue weighted by atomic mass is 32.2. The van der Waals surface area contributed by atoms with Crippen LogP contribution in [0.3, 0.4) is 0 Å². The van der Waals surface area contributed by atoms with Crippen LogP contribution in [0.5, 0.6) is 5.75 Å². The summed E-state index contributed by atoms with van der Waals surface area (Å²) >= 11 is 0. The van der Waals surface area contributed by atoms with Gasteiger partial charge in [-0.3, -0.25) is 0 Å². The number of rotatable bonds is 7. The molecule has 0 heterocycles. The molecule has 0 saturated carbocycles. The van der Waals surface area contributed by atoms with E-state index in [4.69, 9.17) is 10.00 Å². The van der Waals surface area contributed by atoms with Crippen LogP contribution >= 0.6 is 0 Å². The van der Waals surface area contributed by atoms with Crippen molar-refractivity contribution in [1.29, 1.82) is 5.26 Å². The van der Waals surface area contributed by atoms with Crippen LogP contribution in [0.4, 0.5) is 0 Å². The van der Waals surface area contributed by atoms with Crippen LogP contribution in [0.15, 0.2) is 24.3 Å². The van der Waals surface area contributed by atoms with Crippen LogP contribution in [-0.2, 0) is 9.84 Å². The van der Waals surface area contributed by atoms with E-state index in [0.717, 1.165) is 0 Å². The van der Waals surface area contributed by atoms with Crippen molar-refractivity contribution >= 4 is 9.84 Å². The molecule has 0 spiro atoms. The Morgan fingerprint density at radius 1 is 1.37 bits per heavy atom. The lowest BCUT2D eigenvalue weighted by atomic mass is 10.2. The lowest BCUT2D eigenvalue weighted by Crippen LogP contribution is -2.17. The van der Waals surface area contributed by atoms with E-state index in [9.17, 15) is 8.42 Å². The molecule has 4 nitrogen and oxygen atoms in total. The Hall–Kier alpha value is -1.54. The molecule has 0 radical (unpaired) electrons. The van der Waals surface area contributed by atoms with E-state index in [1.807, 2.05) is 19.9 Å². The van der Waals surface area contributed by atoms with E-state index in [-0.39, 0.29) is 17.4 Å². The Kier molecular flexibility index (Phi) is 5.84. The van der Waals surface area contributed by atoms with E-state index in [1.54, 1.807) is 24.3 Å². The minimum atomic E-state index is -2.98. The largest absolute Gasteiger partial charge is 0.494 e. The highest BCUT2D eigenvalue weighted by Gasteiger charge is 2.12. The third-order valence-electron chi connectivity index (χ3n) is 2.42. The van der Waals surface area contributed by atoms with Crippen LogP contribution in [0.25, 0.3) is 0 Å². The fourth-order valence-corrected chi connectivity index (χ4v) is 3.46. The van der Waals surface area contributed by atoms with Gasteiger partial charge in [-0.2, -0.15) is 5.26 Å². The molecule has 0 saturated heterocycles. The molecule has 0 unspecified atom stereocenters. The SMILES string of the molecule is CC(C)CS(=O)(=O)CCCOc1cccc(C#N)c1. The first kappa shape index (κ1) is 15.5. The van der Waals surface area contributed by atoms with Gasteiger partial charge in [0.1, 0.15) is 5.75 Å². The average molecular weight is 281 g/mol. The summed E-state index contributed by atoms with van der Waals surface area (Å²) in [5.74, 6) is 1.11. The van der Waals surface area contributed by atoms with Crippen molar-refractivity contribution < 1.29 is 13.2 Å². The normalized spacial score (nSPS) is 11.3. The number of benzene rings is 1. The zero-order chi connectivity index (χ0) is 14.3. The maximum Gasteiger partial charge on any atom is 0.150 e. The molecular formula is C14H19NO3S. The second-order valence-electron chi connectivity index (χ2n) is 4.85. The maximum atomic E-state index is 11.7. The summed E-state index contributed by atoms with van der Waals surface area (Å²) in [6.45, 7) is 4.12. The van der Waals surface area contributed by atoms with Crippen molar-refractivity contribution in [3.8, 4) is 11.8 Å². The standard InChI is InChI=1S/C14H19NO3S/c1-12(2)11-19(16,17)8-4-7-18-14-6-3-5-13(9-14)10-15/h3,5-6,9,12H,4,7-8,11H2,1-2H3. The summed E-state index contributed by atoms with van der Waals surface area (Å²) < 4.78 is 28.7. The molecule has 104 valence electrons. The van der Waals surface area contributed by atoms with Gasteiger partial charge in [0, 0.05) is 0 Å². The van der Waals surface area contributed by atoms with Gasteiger partial charge in [0.05, 0.1) is 29.7 Å². The van der Waals surface area contributed by atoms with Crippen molar-refractivity contribution in [2.24, 2.45) is 5.92 Å². The molecular weight excluding hydrogens is 262 g/mol. The van der Waals surface area contributed by atoms with Gasteiger partial charge in [0.25, 0.3) is 0 Å². The monoisotopic (exact) mass is 281 g/mol. The number of ether oxygens (including phenoxy) is 1. The average Bonchev–Trinajstić information content (AvgIpc) is 2.33. The molecule has 0 aliphatic rings. The molecule has 0 amide bonds. The summed E-state index contributed by atoms with van der Waals surface area (Å²) in [7, 11) is -2.98. The molecule has 1 rings (SSSR count). The topological polar surface area (TPSA) is 67.2 Å². The van der Waals surface area contributed by atoms with E-state index >= 15 is 0 Å². The Bertz CT molecular complexity index is 544. The molecule has 19 heavy (non-hydrogen) atoms. The zero-order valence-corrected chi connectivity index (χ0v) is 12.1. The van der Waals surface area contributed by atoms with Crippen LogP contribution in [-0.4, -0.2) is 26.5 Å². The summed E-state index contributed by atoms with van der Waals surface area (Å²) in [6, 6.07) is 8.86. The zero-order valence-electron chi connectivity index (χ0n) is 11.3. The summed E-state index contributed by atoms with van der Waals surface area (Å²) in [6.07, 6.45) is 0.464. The lowest BCUT2D eigenvalue weighted by molar-refractivity contribution is 0.317. The van der Waals surface area contributed by atoms with Crippen molar-refractivity contribution in [2.45, 2.75) is 20.3 Å². The van der Waals surface area contributed by atoms with Crippen LogP contribution < -0.4 is 4.74 Å². The molecule has 1 aromatic rings. The quantitative estimate of drug-likeness (QED) is 0.720. The second kappa shape index (κ2) is 7.15. The van der Waals surface area contributed by atoms with Crippen molar-refractivity contribution in [3.05, 3.63) is 29.8 Å². The van der Waals surface area contributed by atoms with E-state index in [0.29, 0.717) is 24.3 Å². The van der Waals surface area contributed by atoms with Crippen molar-refractivity contribution in [3.63, 3.8) is 0 Å². The Morgan fingerprint density at radius 2 is 2.11 bits per heavy atom. The molecule has 0 N–H and O–H groups in total. The van der Waals surface area contributed by atoms with Gasteiger partial charge in [0.15, 0.2) is 9.84 Å². The number of nitrogens with zero attached hydrogens (tertiary/aromatic N) is 1. The first-order valence-electron chi connectivity index (χ1n) is 6.26. The van der Waals surface area contributed by atoms with Gasteiger partial charge in [-0.15, -0.1) is 0 Å². The number of sulfone groups is 1. The Labute approximate surface area is 114 Å². The smallest absolute Gasteiger partial charge is 0.150 e. The number of hydrogen-bond acceptors (Lipinski definition) is 4. The van der Waals surface area contributed by atoms with Gasteiger partial charge in [-0.05, 0) is 30.5 Å². The minimum Gasteiger partial charge on any atom is -0.494 e. The van der Waals surface area contributed by atoms with Gasteiger partial charge in [-0.1, -0.05) is 19.9 Å².